The van der Waals surface area contributed by atoms with E-state index in [1.807, 2.05) is 24.3 Å². The summed E-state index contributed by atoms with van der Waals surface area (Å²) in [5.41, 5.74) is 13.7. The van der Waals surface area contributed by atoms with Gasteiger partial charge >= 0.3 is 0 Å². The van der Waals surface area contributed by atoms with Crippen LogP contribution in [0.3, 0.4) is 0 Å². The Kier molecular flexibility index (Phi) is 3.57. The van der Waals surface area contributed by atoms with Crippen molar-refractivity contribution < 1.29 is 18.7 Å². The number of fused-ring (bicyclic) bond motifs is 1. The summed E-state index contributed by atoms with van der Waals surface area (Å²) in [5.74, 6) is 0.563. The Morgan fingerprint density at radius 1 is 1.00 bits per heavy atom. The van der Waals surface area contributed by atoms with Gasteiger partial charge in [0.2, 0.25) is 5.76 Å². The van der Waals surface area contributed by atoms with Crippen molar-refractivity contribution in [1.29, 1.82) is 0 Å². The number of carbonyl (C=O) groups is 1. The fraction of sp³-hybridized carbons (Fsp3) is 0.118. The first-order chi connectivity index (χ1) is 11.0. The third-order valence-corrected chi connectivity index (χ3v) is 3.67. The molecule has 118 valence electrons. The molecule has 4 N–H and O–H groups in total. The van der Waals surface area contributed by atoms with Crippen LogP contribution in [-0.2, 0) is 0 Å². The third kappa shape index (κ3) is 2.44. The molecule has 3 aromatic rings. The van der Waals surface area contributed by atoms with Gasteiger partial charge in [0.1, 0.15) is 5.58 Å². The van der Waals surface area contributed by atoms with E-state index in [1.165, 1.54) is 0 Å². The maximum Gasteiger partial charge on any atom is 0.286 e. The van der Waals surface area contributed by atoms with E-state index >= 15 is 0 Å². The average molecular weight is 312 g/mol. The van der Waals surface area contributed by atoms with Gasteiger partial charge in [-0.15, -0.1) is 0 Å². The van der Waals surface area contributed by atoms with Crippen LogP contribution >= 0.6 is 0 Å². The van der Waals surface area contributed by atoms with Crippen LogP contribution in [0.5, 0.6) is 11.5 Å². The van der Waals surface area contributed by atoms with Gasteiger partial charge in [-0.25, -0.2) is 0 Å². The van der Waals surface area contributed by atoms with Crippen molar-refractivity contribution in [3.05, 3.63) is 42.2 Å². The van der Waals surface area contributed by atoms with Gasteiger partial charge in [0, 0.05) is 5.39 Å². The van der Waals surface area contributed by atoms with Gasteiger partial charge in [0.05, 0.1) is 19.9 Å². The lowest BCUT2D eigenvalue weighted by atomic mass is 10.0. The molecule has 0 aliphatic rings. The molecule has 0 saturated heterocycles. The zero-order valence-electron chi connectivity index (χ0n) is 12.8. The Morgan fingerprint density at radius 3 is 2.30 bits per heavy atom. The number of anilines is 1. The number of nitrogen functional groups attached to an aromatic ring is 1. The van der Waals surface area contributed by atoms with E-state index in [9.17, 15) is 4.79 Å². The molecule has 1 amide bonds. The van der Waals surface area contributed by atoms with Crippen LogP contribution in [0.15, 0.2) is 40.8 Å². The molecule has 0 atom stereocenters. The smallest absolute Gasteiger partial charge is 0.286 e. The van der Waals surface area contributed by atoms with E-state index < -0.39 is 5.91 Å². The van der Waals surface area contributed by atoms with Crippen LogP contribution in [0, 0.1) is 0 Å². The van der Waals surface area contributed by atoms with Crippen molar-refractivity contribution in [3.63, 3.8) is 0 Å². The first kappa shape index (κ1) is 14.8. The summed E-state index contributed by atoms with van der Waals surface area (Å²) in [5, 5.41) is 0.656. The molecule has 0 saturated carbocycles. The van der Waals surface area contributed by atoms with Crippen LogP contribution < -0.4 is 20.9 Å². The number of rotatable bonds is 4. The minimum absolute atomic E-state index is 0.0236. The lowest BCUT2D eigenvalue weighted by Crippen LogP contribution is -2.11. The predicted molar refractivity (Wildman–Crippen MR) is 87.7 cm³/mol. The van der Waals surface area contributed by atoms with E-state index in [1.54, 1.807) is 26.4 Å². The van der Waals surface area contributed by atoms with Gasteiger partial charge in [0.25, 0.3) is 5.91 Å². The molecule has 2 aromatic carbocycles. The van der Waals surface area contributed by atoms with E-state index in [4.69, 9.17) is 25.4 Å². The molecule has 0 radical (unpaired) electrons. The molecule has 1 heterocycles. The maximum atomic E-state index is 11.3. The number of furan rings is 1. The SMILES string of the molecule is COc1ccc(-c2ccc3c(N)c(C(N)=O)oc3c2)cc1OC. The third-order valence-electron chi connectivity index (χ3n) is 3.67. The number of primary amides is 1. The van der Waals surface area contributed by atoms with Crippen LogP contribution in [0.1, 0.15) is 10.6 Å². The van der Waals surface area contributed by atoms with E-state index in [0.29, 0.717) is 22.5 Å². The fourth-order valence-corrected chi connectivity index (χ4v) is 2.49. The topological polar surface area (TPSA) is 101 Å². The van der Waals surface area contributed by atoms with Crippen molar-refractivity contribution in [2.45, 2.75) is 0 Å². The summed E-state index contributed by atoms with van der Waals surface area (Å²) in [4.78, 5) is 11.3. The van der Waals surface area contributed by atoms with Gasteiger partial charge in [-0.3, -0.25) is 4.79 Å². The van der Waals surface area contributed by atoms with Crippen molar-refractivity contribution in [2.24, 2.45) is 5.73 Å². The molecule has 0 fully saturated rings. The molecular formula is C17H16N2O4. The summed E-state index contributed by atoms with van der Waals surface area (Å²) >= 11 is 0. The molecule has 0 aliphatic heterocycles. The van der Waals surface area contributed by atoms with Crippen molar-refractivity contribution >= 4 is 22.6 Å². The molecule has 0 aliphatic carbocycles. The fourth-order valence-electron chi connectivity index (χ4n) is 2.49. The summed E-state index contributed by atoms with van der Waals surface area (Å²) in [6.45, 7) is 0. The normalized spacial score (nSPS) is 10.7. The van der Waals surface area contributed by atoms with Crippen molar-refractivity contribution in [3.8, 4) is 22.6 Å². The second-order valence-electron chi connectivity index (χ2n) is 4.99. The minimum Gasteiger partial charge on any atom is -0.493 e. The van der Waals surface area contributed by atoms with E-state index in [-0.39, 0.29) is 11.4 Å². The lowest BCUT2D eigenvalue weighted by molar-refractivity contribution is 0.0977. The predicted octanol–water partition coefficient (Wildman–Crippen LogP) is 2.80. The number of carbonyl (C=O) groups excluding carboxylic acids is 1. The van der Waals surface area contributed by atoms with Crippen LogP contribution in [0.25, 0.3) is 22.1 Å². The molecule has 23 heavy (non-hydrogen) atoms. The molecular weight excluding hydrogens is 296 g/mol. The molecule has 0 spiro atoms. The second-order valence-corrected chi connectivity index (χ2v) is 4.99. The van der Waals surface area contributed by atoms with Gasteiger partial charge in [-0.2, -0.15) is 0 Å². The summed E-state index contributed by atoms with van der Waals surface area (Å²) in [7, 11) is 3.16. The van der Waals surface area contributed by atoms with E-state index in [2.05, 4.69) is 0 Å². The van der Waals surface area contributed by atoms with Crippen molar-refractivity contribution in [1.82, 2.24) is 0 Å². The largest absolute Gasteiger partial charge is 0.493 e. The average Bonchev–Trinajstić information content (AvgIpc) is 2.90. The summed E-state index contributed by atoms with van der Waals surface area (Å²) < 4.78 is 16.0. The molecule has 6 nitrogen and oxygen atoms in total. The van der Waals surface area contributed by atoms with Gasteiger partial charge < -0.3 is 25.4 Å². The first-order valence-corrected chi connectivity index (χ1v) is 6.89. The highest BCUT2D eigenvalue weighted by molar-refractivity contribution is 6.05. The Labute approximate surface area is 132 Å². The summed E-state index contributed by atoms with van der Waals surface area (Å²) in [6.07, 6.45) is 0. The number of hydrogen-bond donors (Lipinski definition) is 2. The first-order valence-electron chi connectivity index (χ1n) is 6.89. The number of hydrogen-bond acceptors (Lipinski definition) is 5. The highest BCUT2D eigenvalue weighted by Gasteiger charge is 2.16. The second kappa shape index (κ2) is 5.57. The highest BCUT2D eigenvalue weighted by Crippen LogP contribution is 2.35. The standard InChI is InChI=1S/C17H16N2O4/c1-21-12-6-4-10(8-14(12)22-2)9-3-5-11-13(7-9)23-16(15(11)18)17(19)20/h3-8H,18H2,1-2H3,(H2,19,20). The number of benzene rings is 2. The monoisotopic (exact) mass is 312 g/mol. The molecule has 6 heteroatoms. The number of amides is 1. The zero-order chi connectivity index (χ0) is 16.6. The van der Waals surface area contributed by atoms with E-state index in [0.717, 1.165) is 11.1 Å². The lowest BCUT2D eigenvalue weighted by Gasteiger charge is -2.09. The number of ether oxygens (including phenoxy) is 2. The summed E-state index contributed by atoms with van der Waals surface area (Å²) in [6, 6.07) is 11.1. The molecule has 1 aromatic heterocycles. The Hall–Kier alpha value is -3.15. The van der Waals surface area contributed by atoms with Gasteiger partial charge in [-0.1, -0.05) is 12.1 Å². The van der Waals surface area contributed by atoms with Gasteiger partial charge in [-0.05, 0) is 35.4 Å². The highest BCUT2D eigenvalue weighted by atomic mass is 16.5. The Bertz CT molecular complexity index is 899. The van der Waals surface area contributed by atoms with Crippen LogP contribution in [0.4, 0.5) is 5.69 Å². The maximum absolute atomic E-state index is 11.3. The molecule has 0 unspecified atom stereocenters. The quantitative estimate of drug-likeness (QED) is 0.771. The number of nitrogens with two attached hydrogens (primary N) is 2. The molecule has 0 bridgehead atoms. The van der Waals surface area contributed by atoms with Crippen LogP contribution in [-0.4, -0.2) is 20.1 Å². The Morgan fingerprint density at radius 2 is 1.65 bits per heavy atom. The molecule has 3 rings (SSSR count). The minimum atomic E-state index is -0.689. The van der Waals surface area contributed by atoms with Crippen LogP contribution in [0.2, 0.25) is 0 Å². The van der Waals surface area contributed by atoms with Crippen molar-refractivity contribution in [2.75, 3.05) is 20.0 Å². The Balaban J connectivity index is 2.12. The number of methoxy groups -OCH3 is 2. The van der Waals surface area contributed by atoms with Gasteiger partial charge in [0.15, 0.2) is 11.5 Å². The zero-order valence-corrected chi connectivity index (χ0v) is 12.8.